The van der Waals surface area contributed by atoms with Gasteiger partial charge in [0, 0.05) is 5.41 Å². The molecule has 0 aliphatic heterocycles. The molecular formula is C25H30Br2O4. The summed E-state index contributed by atoms with van der Waals surface area (Å²) in [5.74, 6) is 0.751. The Kier molecular flexibility index (Phi) is 8.90. The molecule has 0 aromatic heterocycles. The third-order valence-electron chi connectivity index (χ3n) is 5.21. The number of hydrogen-bond acceptors (Lipinski definition) is 4. The van der Waals surface area contributed by atoms with Crippen LogP contribution < -0.4 is 9.47 Å². The van der Waals surface area contributed by atoms with Gasteiger partial charge in [0.25, 0.3) is 0 Å². The number of halogens is 2. The van der Waals surface area contributed by atoms with Crippen LogP contribution in [0.4, 0.5) is 0 Å². The van der Waals surface area contributed by atoms with E-state index in [0.29, 0.717) is 11.5 Å². The van der Waals surface area contributed by atoms with Gasteiger partial charge in [0.1, 0.15) is 21.2 Å². The molecule has 0 N–H and O–H groups in total. The van der Waals surface area contributed by atoms with Crippen LogP contribution in [0, 0.1) is 11.8 Å². The second-order valence-corrected chi connectivity index (χ2v) is 10.8. The summed E-state index contributed by atoms with van der Waals surface area (Å²) in [5.41, 5.74) is 1.88. The minimum atomic E-state index is -0.336. The van der Waals surface area contributed by atoms with Crippen molar-refractivity contribution in [3.05, 3.63) is 59.7 Å². The lowest BCUT2D eigenvalue weighted by molar-refractivity contribution is -0.135. The molecule has 2 aromatic carbocycles. The van der Waals surface area contributed by atoms with Crippen LogP contribution in [-0.2, 0) is 15.0 Å². The molecule has 0 radical (unpaired) electrons. The van der Waals surface area contributed by atoms with E-state index in [-0.39, 0.29) is 38.8 Å². The zero-order valence-corrected chi connectivity index (χ0v) is 22.0. The quantitative estimate of drug-likeness (QED) is 0.208. The Balaban J connectivity index is 2.10. The number of alkyl halides is 2. The Labute approximate surface area is 202 Å². The van der Waals surface area contributed by atoms with Gasteiger partial charge < -0.3 is 9.47 Å². The molecule has 0 amide bonds. The average molecular weight is 554 g/mol. The molecule has 0 spiro atoms. The molecule has 0 fully saturated rings. The first-order chi connectivity index (χ1) is 14.4. The molecule has 0 bridgehead atoms. The number of esters is 2. The Morgan fingerprint density at radius 2 is 0.968 bits per heavy atom. The molecule has 0 saturated carbocycles. The van der Waals surface area contributed by atoms with Crippen LogP contribution in [0.5, 0.6) is 11.5 Å². The molecule has 2 atom stereocenters. The Morgan fingerprint density at radius 1 is 0.677 bits per heavy atom. The van der Waals surface area contributed by atoms with Crippen molar-refractivity contribution in [2.75, 3.05) is 0 Å². The van der Waals surface area contributed by atoms with Crippen molar-refractivity contribution in [3.63, 3.8) is 0 Å². The van der Waals surface area contributed by atoms with Gasteiger partial charge >= 0.3 is 11.9 Å². The molecule has 4 nitrogen and oxygen atoms in total. The van der Waals surface area contributed by atoms with Gasteiger partial charge in [0.15, 0.2) is 0 Å². The predicted molar refractivity (Wildman–Crippen MR) is 131 cm³/mol. The lowest BCUT2D eigenvalue weighted by atomic mass is 9.78. The standard InChI is InChI=1S/C25H30Br2O4/c1-15(2)21(26)23(28)30-19-11-7-17(8-12-19)25(5,6)18-9-13-20(14-10-18)31-24(29)22(27)16(3)4/h7-16,21-22H,1-6H3/t21-,22+. The van der Waals surface area contributed by atoms with Gasteiger partial charge in [-0.05, 0) is 47.2 Å². The second kappa shape index (κ2) is 10.8. The summed E-state index contributed by atoms with van der Waals surface area (Å²) in [4.78, 5) is 23.6. The van der Waals surface area contributed by atoms with E-state index >= 15 is 0 Å². The van der Waals surface area contributed by atoms with Gasteiger partial charge in [0.05, 0.1) is 0 Å². The molecule has 2 rings (SSSR count). The van der Waals surface area contributed by atoms with Crippen LogP contribution in [0.15, 0.2) is 48.5 Å². The van der Waals surface area contributed by atoms with Crippen LogP contribution in [-0.4, -0.2) is 21.6 Å². The maximum atomic E-state index is 12.1. The number of rotatable bonds is 8. The molecule has 0 aliphatic carbocycles. The Hall–Kier alpha value is -1.66. The third kappa shape index (κ3) is 6.66. The van der Waals surface area contributed by atoms with E-state index in [1.54, 1.807) is 0 Å². The van der Waals surface area contributed by atoms with Crippen molar-refractivity contribution >= 4 is 43.8 Å². The molecule has 6 heteroatoms. The predicted octanol–water partition coefficient (Wildman–Crippen LogP) is 6.66. The van der Waals surface area contributed by atoms with Crippen LogP contribution >= 0.6 is 31.9 Å². The molecule has 2 aromatic rings. The first-order valence-corrected chi connectivity index (χ1v) is 12.2. The molecule has 31 heavy (non-hydrogen) atoms. The summed E-state index contributed by atoms with van der Waals surface area (Å²) in [5, 5.41) is 0. The van der Waals surface area contributed by atoms with Gasteiger partial charge in [-0.15, -0.1) is 0 Å². The number of hydrogen-bond donors (Lipinski definition) is 0. The monoisotopic (exact) mass is 552 g/mol. The smallest absolute Gasteiger partial charge is 0.325 e. The maximum Gasteiger partial charge on any atom is 0.325 e. The minimum absolute atomic E-state index is 0.152. The zero-order valence-electron chi connectivity index (χ0n) is 18.8. The first kappa shape index (κ1) is 25.6. The van der Waals surface area contributed by atoms with Crippen molar-refractivity contribution in [1.82, 2.24) is 0 Å². The molecule has 0 heterocycles. The molecule has 0 saturated heterocycles. The normalized spacial score (nSPS) is 13.7. The summed E-state index contributed by atoms with van der Waals surface area (Å²) in [6, 6.07) is 15.1. The molecule has 0 aliphatic rings. The highest BCUT2D eigenvalue weighted by Gasteiger charge is 2.25. The summed E-state index contributed by atoms with van der Waals surface area (Å²) >= 11 is 6.74. The van der Waals surface area contributed by atoms with Crippen LogP contribution in [0.3, 0.4) is 0 Å². The molecule has 168 valence electrons. The van der Waals surface area contributed by atoms with E-state index < -0.39 is 0 Å². The average Bonchev–Trinajstić information content (AvgIpc) is 2.73. The van der Waals surface area contributed by atoms with Crippen molar-refractivity contribution in [1.29, 1.82) is 0 Å². The second-order valence-electron chi connectivity index (χ2n) is 8.81. The van der Waals surface area contributed by atoms with Crippen LogP contribution in [0.2, 0.25) is 0 Å². The first-order valence-electron chi connectivity index (χ1n) is 10.4. The maximum absolute atomic E-state index is 12.1. The van der Waals surface area contributed by atoms with Gasteiger partial charge in [-0.3, -0.25) is 9.59 Å². The molecular weight excluding hydrogens is 524 g/mol. The number of carbonyl (C=O) groups excluding carboxylic acids is 2. The van der Waals surface area contributed by atoms with Crippen LogP contribution in [0.25, 0.3) is 0 Å². The van der Waals surface area contributed by atoms with Crippen molar-refractivity contribution in [2.24, 2.45) is 11.8 Å². The SMILES string of the molecule is CC(C)[C@H](Br)C(=O)Oc1ccc(C(C)(C)c2ccc(OC(=O)[C@H](Br)C(C)C)cc2)cc1. The van der Waals surface area contributed by atoms with Gasteiger partial charge in [-0.2, -0.15) is 0 Å². The minimum Gasteiger partial charge on any atom is -0.426 e. The van der Waals surface area contributed by atoms with Crippen molar-refractivity contribution in [2.45, 2.75) is 56.6 Å². The highest BCUT2D eigenvalue weighted by Crippen LogP contribution is 2.33. The van der Waals surface area contributed by atoms with E-state index in [0.717, 1.165) is 11.1 Å². The lowest BCUT2D eigenvalue weighted by Crippen LogP contribution is -2.25. The summed E-state index contributed by atoms with van der Waals surface area (Å²) in [6.45, 7) is 12.1. The summed E-state index contributed by atoms with van der Waals surface area (Å²) < 4.78 is 10.9. The number of carbonyl (C=O) groups is 2. The fourth-order valence-electron chi connectivity index (χ4n) is 2.94. The zero-order chi connectivity index (χ0) is 23.3. The van der Waals surface area contributed by atoms with E-state index in [1.807, 2.05) is 76.2 Å². The largest absolute Gasteiger partial charge is 0.426 e. The third-order valence-corrected chi connectivity index (χ3v) is 8.07. The molecule has 0 unspecified atom stereocenters. The van der Waals surface area contributed by atoms with Crippen LogP contribution in [0.1, 0.15) is 52.7 Å². The van der Waals surface area contributed by atoms with Gasteiger partial charge in [-0.25, -0.2) is 0 Å². The van der Waals surface area contributed by atoms with E-state index in [9.17, 15) is 9.59 Å². The lowest BCUT2D eigenvalue weighted by Gasteiger charge is -2.26. The number of ether oxygens (including phenoxy) is 2. The summed E-state index contributed by atoms with van der Waals surface area (Å²) in [7, 11) is 0. The fraction of sp³-hybridized carbons (Fsp3) is 0.440. The Bertz CT molecular complexity index is 813. The highest BCUT2D eigenvalue weighted by molar-refractivity contribution is 9.10. The van der Waals surface area contributed by atoms with Gasteiger partial charge in [-0.1, -0.05) is 97.7 Å². The van der Waals surface area contributed by atoms with E-state index in [1.165, 1.54) is 0 Å². The van der Waals surface area contributed by atoms with Crippen molar-refractivity contribution in [3.8, 4) is 11.5 Å². The topological polar surface area (TPSA) is 52.6 Å². The fourth-order valence-corrected chi connectivity index (χ4v) is 3.12. The van der Waals surface area contributed by atoms with E-state index in [2.05, 4.69) is 45.7 Å². The highest BCUT2D eigenvalue weighted by atomic mass is 79.9. The summed E-state index contributed by atoms with van der Waals surface area (Å²) in [6.07, 6.45) is 0. The van der Waals surface area contributed by atoms with Crippen molar-refractivity contribution < 1.29 is 19.1 Å². The van der Waals surface area contributed by atoms with Gasteiger partial charge in [0.2, 0.25) is 0 Å². The Morgan fingerprint density at radius 3 is 1.23 bits per heavy atom. The van der Waals surface area contributed by atoms with E-state index in [4.69, 9.17) is 9.47 Å². The number of benzene rings is 2.